The van der Waals surface area contributed by atoms with Crippen molar-refractivity contribution in [3.63, 3.8) is 0 Å². The molecule has 3 rings (SSSR count). The van der Waals surface area contributed by atoms with Gasteiger partial charge in [0.15, 0.2) is 0 Å². The molecule has 1 aromatic rings. The standard InChI is InChI=1S/C19H29N3O2S/c1-2-6-18(23)22-12-5-7-14(13-22)19(24)20-11-10-17-21-15-8-3-4-9-16(15)25-17/h14H,2-13H2,1H3,(H,20,24). The van der Waals surface area contributed by atoms with E-state index in [-0.39, 0.29) is 17.7 Å². The zero-order chi connectivity index (χ0) is 17.6. The zero-order valence-corrected chi connectivity index (χ0v) is 16.0. The van der Waals surface area contributed by atoms with Crippen molar-refractivity contribution < 1.29 is 9.59 Å². The molecule has 1 aliphatic heterocycles. The van der Waals surface area contributed by atoms with Gasteiger partial charge in [0.1, 0.15) is 0 Å². The quantitative estimate of drug-likeness (QED) is 0.845. The van der Waals surface area contributed by atoms with Crippen molar-refractivity contribution in [2.75, 3.05) is 19.6 Å². The first-order valence-corrected chi connectivity index (χ1v) is 10.5. The minimum Gasteiger partial charge on any atom is -0.355 e. The van der Waals surface area contributed by atoms with Crippen molar-refractivity contribution in [2.24, 2.45) is 5.92 Å². The molecule has 0 aromatic carbocycles. The van der Waals surface area contributed by atoms with Crippen LogP contribution in [0, 0.1) is 5.92 Å². The van der Waals surface area contributed by atoms with Gasteiger partial charge in [0.25, 0.3) is 0 Å². The van der Waals surface area contributed by atoms with Crippen molar-refractivity contribution in [2.45, 2.75) is 64.7 Å². The SMILES string of the molecule is CCCC(=O)N1CCCC(C(=O)NCCc2nc3c(s2)CCCC3)C1. The number of fused-ring (bicyclic) bond motifs is 1. The third kappa shape index (κ3) is 4.81. The number of piperidine rings is 1. The van der Waals surface area contributed by atoms with Gasteiger partial charge in [-0.2, -0.15) is 0 Å². The number of carbonyl (C=O) groups excluding carboxylic acids is 2. The summed E-state index contributed by atoms with van der Waals surface area (Å²) in [5.74, 6) is 0.225. The Morgan fingerprint density at radius 1 is 1.28 bits per heavy atom. The number of carbonyl (C=O) groups is 2. The van der Waals surface area contributed by atoms with E-state index in [9.17, 15) is 9.59 Å². The summed E-state index contributed by atoms with van der Waals surface area (Å²) in [6.45, 7) is 4.04. The van der Waals surface area contributed by atoms with Crippen LogP contribution in [0.3, 0.4) is 0 Å². The third-order valence-electron chi connectivity index (χ3n) is 5.14. The summed E-state index contributed by atoms with van der Waals surface area (Å²) in [6, 6.07) is 0. The normalized spacial score (nSPS) is 20.2. The Kier molecular flexibility index (Phi) is 6.45. The predicted molar refractivity (Wildman–Crippen MR) is 99.7 cm³/mol. The number of rotatable bonds is 6. The van der Waals surface area contributed by atoms with E-state index in [2.05, 4.69) is 5.32 Å². The van der Waals surface area contributed by atoms with Crippen LogP contribution in [0.2, 0.25) is 0 Å². The number of amides is 2. The fraction of sp³-hybridized carbons (Fsp3) is 0.737. The molecule has 1 N–H and O–H groups in total. The van der Waals surface area contributed by atoms with Crippen LogP contribution in [0.1, 0.15) is 61.0 Å². The topological polar surface area (TPSA) is 62.3 Å². The molecule has 1 aromatic heterocycles. The maximum atomic E-state index is 12.4. The van der Waals surface area contributed by atoms with E-state index in [1.54, 1.807) is 0 Å². The molecule has 2 heterocycles. The summed E-state index contributed by atoms with van der Waals surface area (Å²) >= 11 is 1.82. The fourth-order valence-corrected chi connectivity index (χ4v) is 4.90. The number of nitrogens with zero attached hydrogens (tertiary/aromatic N) is 2. The van der Waals surface area contributed by atoms with E-state index >= 15 is 0 Å². The van der Waals surface area contributed by atoms with Crippen LogP contribution < -0.4 is 5.32 Å². The summed E-state index contributed by atoms with van der Waals surface area (Å²) in [5.41, 5.74) is 1.29. The molecule has 0 spiro atoms. The average Bonchev–Trinajstić information content (AvgIpc) is 3.04. The van der Waals surface area contributed by atoms with Gasteiger partial charge in [0.2, 0.25) is 11.8 Å². The van der Waals surface area contributed by atoms with Gasteiger partial charge in [-0.15, -0.1) is 11.3 Å². The number of likely N-dealkylation sites (tertiary alicyclic amines) is 1. The second-order valence-corrected chi connectivity index (χ2v) is 8.32. The predicted octanol–water partition coefficient (Wildman–Crippen LogP) is 2.72. The second kappa shape index (κ2) is 8.79. The van der Waals surface area contributed by atoms with Gasteiger partial charge in [-0.25, -0.2) is 4.98 Å². The summed E-state index contributed by atoms with van der Waals surface area (Å²) in [6.07, 6.45) is 8.88. The van der Waals surface area contributed by atoms with E-state index < -0.39 is 0 Å². The molecule has 1 saturated heterocycles. The van der Waals surface area contributed by atoms with Crippen molar-refractivity contribution in [1.29, 1.82) is 0 Å². The van der Waals surface area contributed by atoms with E-state index in [1.807, 2.05) is 23.2 Å². The van der Waals surface area contributed by atoms with Crippen molar-refractivity contribution >= 4 is 23.2 Å². The number of hydrogen-bond acceptors (Lipinski definition) is 4. The molecule has 1 atom stereocenters. The molecule has 2 amide bonds. The van der Waals surface area contributed by atoms with Gasteiger partial charge in [0.05, 0.1) is 16.6 Å². The lowest BCUT2D eigenvalue weighted by molar-refractivity contribution is -0.135. The van der Waals surface area contributed by atoms with E-state index in [1.165, 1.54) is 29.8 Å². The molecule has 2 aliphatic rings. The van der Waals surface area contributed by atoms with Gasteiger partial charge < -0.3 is 10.2 Å². The molecule has 138 valence electrons. The Morgan fingerprint density at radius 3 is 2.92 bits per heavy atom. The molecule has 1 aliphatic carbocycles. The number of aromatic nitrogens is 1. The van der Waals surface area contributed by atoms with Gasteiger partial charge in [-0.05, 0) is 44.9 Å². The second-order valence-electron chi connectivity index (χ2n) is 7.15. The number of nitrogens with one attached hydrogen (secondary N) is 1. The highest BCUT2D eigenvalue weighted by molar-refractivity contribution is 7.11. The molecule has 1 fully saturated rings. The number of hydrogen-bond donors (Lipinski definition) is 1. The Hall–Kier alpha value is -1.43. The maximum absolute atomic E-state index is 12.4. The first-order valence-electron chi connectivity index (χ1n) is 9.70. The molecule has 0 bridgehead atoms. The first kappa shape index (κ1) is 18.4. The third-order valence-corrected chi connectivity index (χ3v) is 6.35. The average molecular weight is 364 g/mol. The van der Waals surface area contributed by atoms with Crippen LogP contribution in [-0.4, -0.2) is 41.3 Å². The Morgan fingerprint density at radius 2 is 2.12 bits per heavy atom. The van der Waals surface area contributed by atoms with Crippen LogP contribution >= 0.6 is 11.3 Å². The zero-order valence-electron chi connectivity index (χ0n) is 15.2. The highest BCUT2D eigenvalue weighted by atomic mass is 32.1. The van der Waals surface area contributed by atoms with E-state index in [0.29, 0.717) is 19.5 Å². The Bertz CT molecular complexity index is 590. The van der Waals surface area contributed by atoms with Gasteiger partial charge in [0, 0.05) is 37.4 Å². The molecule has 6 heteroatoms. The lowest BCUT2D eigenvalue weighted by atomic mass is 9.96. The highest BCUT2D eigenvalue weighted by Gasteiger charge is 2.27. The highest BCUT2D eigenvalue weighted by Crippen LogP contribution is 2.26. The van der Waals surface area contributed by atoms with Gasteiger partial charge in [-0.1, -0.05) is 6.92 Å². The molecular formula is C19H29N3O2S. The fourth-order valence-electron chi connectivity index (χ4n) is 3.74. The summed E-state index contributed by atoms with van der Waals surface area (Å²) in [7, 11) is 0. The molecule has 1 unspecified atom stereocenters. The van der Waals surface area contributed by atoms with Crippen molar-refractivity contribution in [3.05, 3.63) is 15.6 Å². The van der Waals surface area contributed by atoms with Crippen molar-refractivity contribution in [3.8, 4) is 0 Å². The van der Waals surface area contributed by atoms with Crippen molar-refractivity contribution in [1.82, 2.24) is 15.2 Å². The monoisotopic (exact) mass is 363 g/mol. The molecule has 5 nitrogen and oxygen atoms in total. The Balaban J connectivity index is 1.44. The maximum Gasteiger partial charge on any atom is 0.224 e. The van der Waals surface area contributed by atoms with Crippen LogP contribution in [0.4, 0.5) is 0 Å². The minimum absolute atomic E-state index is 0.0564. The van der Waals surface area contributed by atoms with Crippen LogP contribution in [0.15, 0.2) is 0 Å². The first-order chi connectivity index (χ1) is 12.2. The Labute approximate surface area is 154 Å². The number of thiazole rings is 1. The lowest BCUT2D eigenvalue weighted by Crippen LogP contribution is -2.45. The van der Waals surface area contributed by atoms with E-state index in [0.717, 1.165) is 43.7 Å². The van der Waals surface area contributed by atoms with Gasteiger partial charge >= 0.3 is 0 Å². The number of aryl methyl sites for hydroxylation is 2. The lowest BCUT2D eigenvalue weighted by Gasteiger charge is -2.32. The van der Waals surface area contributed by atoms with Crippen LogP contribution in [-0.2, 0) is 28.9 Å². The van der Waals surface area contributed by atoms with Gasteiger partial charge in [-0.3, -0.25) is 9.59 Å². The van der Waals surface area contributed by atoms with Crippen LogP contribution in [0.5, 0.6) is 0 Å². The molecule has 25 heavy (non-hydrogen) atoms. The summed E-state index contributed by atoms with van der Waals surface area (Å²) in [4.78, 5) is 32.5. The largest absolute Gasteiger partial charge is 0.355 e. The minimum atomic E-state index is -0.0564. The summed E-state index contributed by atoms with van der Waals surface area (Å²) in [5, 5.41) is 4.21. The smallest absolute Gasteiger partial charge is 0.224 e. The van der Waals surface area contributed by atoms with Crippen LogP contribution in [0.25, 0.3) is 0 Å². The summed E-state index contributed by atoms with van der Waals surface area (Å²) < 4.78 is 0. The molecule has 0 saturated carbocycles. The van der Waals surface area contributed by atoms with E-state index in [4.69, 9.17) is 4.98 Å². The molecule has 0 radical (unpaired) electrons. The molecular weight excluding hydrogens is 334 g/mol.